The molecule has 0 unspecified atom stereocenters. The minimum Gasteiger partial charge on any atom is -0.325 e. The van der Waals surface area contributed by atoms with Crippen LogP contribution in [0.4, 0.5) is 0 Å². The largest absolute Gasteiger partial charge is 0.325 e. The molecule has 1 saturated heterocycles. The molecule has 1 aliphatic heterocycles. The zero-order chi connectivity index (χ0) is 17.1. The molecule has 5 heteroatoms. The predicted molar refractivity (Wildman–Crippen MR) is 94.7 cm³/mol. The first-order valence-electron chi connectivity index (χ1n) is 8.21. The summed E-state index contributed by atoms with van der Waals surface area (Å²) in [7, 11) is 2.15. The summed E-state index contributed by atoms with van der Waals surface area (Å²) in [6.45, 7) is 7.03. The van der Waals surface area contributed by atoms with Crippen LogP contribution in [-0.2, 0) is 6.54 Å². The maximum absolute atomic E-state index is 12.0. The third-order valence-electron chi connectivity index (χ3n) is 4.52. The molecule has 2 heterocycles. The van der Waals surface area contributed by atoms with Crippen molar-refractivity contribution in [3.05, 3.63) is 57.5 Å². The first-order valence-corrected chi connectivity index (χ1v) is 8.21. The number of benzene rings is 1. The van der Waals surface area contributed by atoms with Gasteiger partial charge in [0.2, 0.25) is 0 Å². The zero-order valence-electron chi connectivity index (χ0n) is 14.2. The Kier molecular flexibility index (Phi) is 4.79. The number of likely N-dealkylation sites (N-methyl/N-ethyl adjacent to an activating group) is 1. The monoisotopic (exact) mass is 322 g/mol. The lowest BCUT2D eigenvalue weighted by molar-refractivity contribution is 0.148. The van der Waals surface area contributed by atoms with Gasteiger partial charge in [0.1, 0.15) is 11.6 Å². The van der Waals surface area contributed by atoms with E-state index >= 15 is 0 Å². The van der Waals surface area contributed by atoms with Crippen molar-refractivity contribution in [1.29, 1.82) is 5.26 Å². The molecule has 0 bridgehead atoms. The van der Waals surface area contributed by atoms with Crippen LogP contribution < -0.4 is 5.56 Å². The molecule has 0 spiro atoms. The van der Waals surface area contributed by atoms with Crippen LogP contribution in [-0.4, -0.2) is 48.0 Å². The van der Waals surface area contributed by atoms with Gasteiger partial charge in [-0.05, 0) is 37.2 Å². The van der Waals surface area contributed by atoms with Gasteiger partial charge in [0.25, 0.3) is 5.56 Å². The molecule has 1 N–H and O–H groups in total. The number of hydrogen-bond donors (Lipinski definition) is 1. The molecule has 0 radical (unpaired) electrons. The second-order valence-corrected chi connectivity index (χ2v) is 6.46. The van der Waals surface area contributed by atoms with Gasteiger partial charge < -0.3 is 9.88 Å². The van der Waals surface area contributed by atoms with Gasteiger partial charge in [0, 0.05) is 44.0 Å². The van der Waals surface area contributed by atoms with Crippen LogP contribution in [0.5, 0.6) is 0 Å². The molecule has 3 rings (SSSR count). The normalized spacial score (nSPS) is 16.0. The summed E-state index contributed by atoms with van der Waals surface area (Å²) in [6, 6.07) is 12.1. The number of nitrogens with zero attached hydrogens (tertiary/aromatic N) is 3. The molecule has 0 amide bonds. The number of aromatic amines is 1. The van der Waals surface area contributed by atoms with Crippen LogP contribution in [0.3, 0.4) is 0 Å². The highest BCUT2D eigenvalue weighted by Crippen LogP contribution is 2.23. The third-order valence-corrected chi connectivity index (χ3v) is 4.52. The maximum atomic E-state index is 12.0. The van der Waals surface area contributed by atoms with Gasteiger partial charge >= 0.3 is 0 Å². The number of aromatic nitrogens is 1. The molecule has 0 saturated carbocycles. The second-order valence-electron chi connectivity index (χ2n) is 6.46. The molecular weight excluding hydrogens is 300 g/mol. The second kappa shape index (κ2) is 7.00. The summed E-state index contributed by atoms with van der Waals surface area (Å²) in [5.74, 6) is 0. The molecule has 1 aromatic carbocycles. The van der Waals surface area contributed by atoms with E-state index in [0.717, 1.165) is 44.0 Å². The Hall–Kier alpha value is -2.42. The smallest absolute Gasteiger partial charge is 0.266 e. The maximum Gasteiger partial charge on any atom is 0.266 e. The number of hydrogen-bond acceptors (Lipinski definition) is 4. The highest BCUT2D eigenvalue weighted by molar-refractivity contribution is 5.70. The Morgan fingerprint density at radius 3 is 2.67 bits per heavy atom. The van der Waals surface area contributed by atoms with Gasteiger partial charge in [-0.2, -0.15) is 5.26 Å². The lowest BCUT2D eigenvalue weighted by Gasteiger charge is -2.32. The Bertz CT molecular complexity index is 826. The van der Waals surface area contributed by atoms with Crippen molar-refractivity contribution in [3.8, 4) is 17.2 Å². The molecule has 0 aliphatic carbocycles. The van der Waals surface area contributed by atoms with E-state index in [4.69, 9.17) is 0 Å². The summed E-state index contributed by atoms with van der Waals surface area (Å²) in [5, 5.41) is 9.32. The lowest BCUT2D eigenvalue weighted by Crippen LogP contribution is -2.43. The number of nitriles is 1. The Morgan fingerprint density at radius 1 is 1.21 bits per heavy atom. The SMILES string of the molecule is Cc1cc(-c2cccc(CN3CCN(C)CC3)c2)c(C#N)c(=O)[nH]1. The van der Waals surface area contributed by atoms with Crippen LogP contribution in [0.1, 0.15) is 16.8 Å². The van der Waals surface area contributed by atoms with E-state index in [2.05, 4.69) is 34.0 Å². The summed E-state index contributed by atoms with van der Waals surface area (Å²) < 4.78 is 0. The number of nitrogens with one attached hydrogen (secondary N) is 1. The molecular formula is C19H22N4O. The van der Waals surface area contributed by atoms with E-state index in [0.29, 0.717) is 5.56 Å². The topological polar surface area (TPSA) is 63.1 Å². The Labute approximate surface area is 142 Å². The van der Waals surface area contributed by atoms with Gasteiger partial charge in [0.05, 0.1) is 0 Å². The number of H-pyrrole nitrogens is 1. The highest BCUT2D eigenvalue weighted by Gasteiger charge is 2.15. The van der Waals surface area contributed by atoms with Gasteiger partial charge in [-0.25, -0.2) is 0 Å². The Balaban J connectivity index is 1.89. The molecule has 2 aromatic rings. The number of piperazine rings is 1. The van der Waals surface area contributed by atoms with E-state index in [1.54, 1.807) is 0 Å². The minimum absolute atomic E-state index is 0.178. The minimum atomic E-state index is -0.322. The van der Waals surface area contributed by atoms with Crippen molar-refractivity contribution in [2.75, 3.05) is 33.2 Å². The molecule has 1 fully saturated rings. The van der Waals surface area contributed by atoms with E-state index < -0.39 is 0 Å². The van der Waals surface area contributed by atoms with Gasteiger partial charge in [-0.15, -0.1) is 0 Å². The fourth-order valence-corrected chi connectivity index (χ4v) is 3.13. The van der Waals surface area contributed by atoms with Gasteiger partial charge in [-0.1, -0.05) is 18.2 Å². The number of aryl methyl sites for hydroxylation is 1. The molecule has 124 valence electrons. The number of pyridine rings is 1. The van der Waals surface area contributed by atoms with Crippen molar-refractivity contribution in [1.82, 2.24) is 14.8 Å². The van der Waals surface area contributed by atoms with Crippen molar-refractivity contribution in [3.63, 3.8) is 0 Å². The third kappa shape index (κ3) is 3.56. The van der Waals surface area contributed by atoms with Crippen LogP contribution in [0, 0.1) is 18.3 Å². The summed E-state index contributed by atoms with van der Waals surface area (Å²) in [6.07, 6.45) is 0. The zero-order valence-corrected chi connectivity index (χ0v) is 14.2. The van der Waals surface area contributed by atoms with Gasteiger partial charge in [0.15, 0.2) is 0 Å². The molecule has 24 heavy (non-hydrogen) atoms. The molecule has 1 aromatic heterocycles. The van der Waals surface area contributed by atoms with Crippen molar-refractivity contribution in [2.45, 2.75) is 13.5 Å². The van der Waals surface area contributed by atoms with E-state index in [1.807, 2.05) is 31.2 Å². The van der Waals surface area contributed by atoms with E-state index in [-0.39, 0.29) is 11.1 Å². The summed E-state index contributed by atoms with van der Waals surface area (Å²) >= 11 is 0. The van der Waals surface area contributed by atoms with E-state index in [9.17, 15) is 10.1 Å². The summed E-state index contributed by atoms with van der Waals surface area (Å²) in [5.41, 5.74) is 3.46. The quantitative estimate of drug-likeness (QED) is 0.938. The summed E-state index contributed by atoms with van der Waals surface area (Å²) in [4.78, 5) is 19.5. The standard InChI is InChI=1S/C19H22N4O/c1-14-10-17(18(12-20)19(24)21-14)16-5-3-4-15(11-16)13-23-8-6-22(2)7-9-23/h3-5,10-11H,6-9,13H2,1-2H3,(H,21,24). The fourth-order valence-electron chi connectivity index (χ4n) is 3.13. The average molecular weight is 322 g/mol. The fraction of sp³-hybridized carbons (Fsp3) is 0.368. The van der Waals surface area contributed by atoms with Crippen LogP contribution in [0.25, 0.3) is 11.1 Å². The molecule has 5 nitrogen and oxygen atoms in total. The lowest BCUT2D eigenvalue weighted by atomic mass is 9.99. The molecule has 1 aliphatic rings. The van der Waals surface area contributed by atoms with Crippen LogP contribution in [0.2, 0.25) is 0 Å². The predicted octanol–water partition coefficient (Wildman–Crippen LogP) is 1.97. The van der Waals surface area contributed by atoms with Crippen molar-refractivity contribution < 1.29 is 0 Å². The molecule has 0 atom stereocenters. The van der Waals surface area contributed by atoms with Crippen molar-refractivity contribution >= 4 is 0 Å². The average Bonchev–Trinajstić information content (AvgIpc) is 2.57. The van der Waals surface area contributed by atoms with E-state index in [1.165, 1.54) is 5.56 Å². The number of rotatable bonds is 3. The van der Waals surface area contributed by atoms with Crippen molar-refractivity contribution in [2.24, 2.45) is 0 Å². The van der Waals surface area contributed by atoms with Crippen LogP contribution >= 0.6 is 0 Å². The first-order chi connectivity index (χ1) is 11.6. The van der Waals surface area contributed by atoms with Crippen LogP contribution in [0.15, 0.2) is 35.1 Å². The van der Waals surface area contributed by atoms with Gasteiger partial charge in [-0.3, -0.25) is 9.69 Å². The Morgan fingerprint density at radius 2 is 1.96 bits per heavy atom. The highest BCUT2D eigenvalue weighted by atomic mass is 16.1. The first kappa shape index (κ1) is 16.4.